The number of hydrogen-bond donors (Lipinski definition) is 1. The number of rotatable bonds is 3. The number of carbonyl (C=O) groups is 2. The monoisotopic (exact) mass is 363 g/mol. The maximum Gasteiger partial charge on any atom is 0.250 e. The molecule has 2 aromatic rings. The molecule has 1 fully saturated rings. The van der Waals surface area contributed by atoms with Gasteiger partial charge < -0.3 is 5.32 Å². The summed E-state index contributed by atoms with van der Waals surface area (Å²) in [4.78, 5) is 29.9. The van der Waals surface area contributed by atoms with E-state index >= 15 is 0 Å². The Morgan fingerprint density at radius 3 is 2.59 bits per heavy atom. The molecule has 0 bridgehead atoms. The Hall–Kier alpha value is -2.66. The quantitative estimate of drug-likeness (QED) is 0.907. The first-order chi connectivity index (χ1) is 13.0. The molecule has 0 saturated carbocycles. The predicted octanol–water partition coefficient (Wildman–Crippen LogP) is 3.59. The van der Waals surface area contributed by atoms with Crippen molar-refractivity contribution in [2.45, 2.75) is 38.3 Å². The fraction of sp³-hybridized carbons (Fsp3) is 0.364. The predicted molar refractivity (Wildman–Crippen MR) is 107 cm³/mol. The minimum absolute atomic E-state index is 0.0369. The molecule has 5 heteroatoms. The molecule has 2 aliphatic heterocycles. The summed E-state index contributed by atoms with van der Waals surface area (Å²) in [5.74, 6) is -0.194. The Labute approximate surface area is 160 Å². The molecule has 1 saturated heterocycles. The summed E-state index contributed by atoms with van der Waals surface area (Å²) in [6, 6.07) is 18.1. The van der Waals surface area contributed by atoms with Crippen LogP contribution in [-0.2, 0) is 9.59 Å². The fourth-order valence-corrected chi connectivity index (χ4v) is 4.21. The summed E-state index contributed by atoms with van der Waals surface area (Å²) >= 11 is 0. The standard InChI is InChI=1S/C22H25N3O2/c1-22(2)21(27)23-17-11-6-7-12-19(17)25(22)20(26)15-24-14-8-13-18(24)16-9-4-3-5-10-16/h3-7,9-12,18H,8,13-15H2,1-2H3,(H,23,27). The maximum atomic E-state index is 13.4. The van der Waals surface area contributed by atoms with Crippen molar-refractivity contribution < 1.29 is 9.59 Å². The summed E-state index contributed by atoms with van der Waals surface area (Å²) in [5.41, 5.74) is 1.78. The van der Waals surface area contributed by atoms with Crippen LogP contribution in [0.25, 0.3) is 0 Å². The van der Waals surface area contributed by atoms with E-state index in [1.807, 2.05) is 42.5 Å². The number of nitrogens with zero attached hydrogens (tertiary/aromatic N) is 2. The molecule has 140 valence electrons. The molecule has 5 nitrogen and oxygen atoms in total. The zero-order chi connectivity index (χ0) is 19.0. The second-order valence-corrected chi connectivity index (χ2v) is 7.80. The number of nitrogens with one attached hydrogen (secondary N) is 1. The summed E-state index contributed by atoms with van der Waals surface area (Å²) in [6.45, 7) is 4.81. The summed E-state index contributed by atoms with van der Waals surface area (Å²) in [6.07, 6.45) is 2.13. The highest BCUT2D eigenvalue weighted by Crippen LogP contribution is 2.38. The molecule has 1 atom stereocenters. The third-order valence-electron chi connectivity index (χ3n) is 5.64. The molecular formula is C22H25N3O2. The minimum atomic E-state index is -0.923. The molecular weight excluding hydrogens is 338 g/mol. The third kappa shape index (κ3) is 3.12. The fourth-order valence-electron chi connectivity index (χ4n) is 4.21. The van der Waals surface area contributed by atoms with E-state index < -0.39 is 5.54 Å². The number of hydrogen-bond acceptors (Lipinski definition) is 3. The van der Waals surface area contributed by atoms with Gasteiger partial charge in [-0.2, -0.15) is 0 Å². The first-order valence-electron chi connectivity index (χ1n) is 9.51. The molecule has 2 amide bonds. The van der Waals surface area contributed by atoms with Gasteiger partial charge in [-0.25, -0.2) is 0 Å². The van der Waals surface area contributed by atoms with Crippen LogP contribution in [-0.4, -0.2) is 35.3 Å². The van der Waals surface area contributed by atoms with Crippen molar-refractivity contribution in [2.24, 2.45) is 0 Å². The van der Waals surface area contributed by atoms with E-state index in [4.69, 9.17) is 0 Å². The molecule has 0 aliphatic carbocycles. The molecule has 2 aliphatic rings. The van der Waals surface area contributed by atoms with E-state index in [0.717, 1.165) is 25.1 Å². The van der Waals surface area contributed by atoms with E-state index in [1.54, 1.807) is 18.7 Å². The van der Waals surface area contributed by atoms with Crippen molar-refractivity contribution in [1.29, 1.82) is 0 Å². The van der Waals surface area contributed by atoms with E-state index in [0.29, 0.717) is 12.2 Å². The van der Waals surface area contributed by atoms with E-state index in [2.05, 4.69) is 22.3 Å². The topological polar surface area (TPSA) is 52.7 Å². The van der Waals surface area contributed by atoms with Crippen LogP contribution in [0, 0.1) is 0 Å². The van der Waals surface area contributed by atoms with Gasteiger partial charge in [0.2, 0.25) is 11.8 Å². The van der Waals surface area contributed by atoms with Crippen LogP contribution >= 0.6 is 0 Å². The summed E-state index contributed by atoms with van der Waals surface area (Å²) in [5, 5.41) is 2.92. The van der Waals surface area contributed by atoms with Gasteiger partial charge in [0.05, 0.1) is 17.9 Å². The van der Waals surface area contributed by atoms with Gasteiger partial charge in [-0.15, -0.1) is 0 Å². The zero-order valence-corrected chi connectivity index (χ0v) is 15.8. The molecule has 27 heavy (non-hydrogen) atoms. The van der Waals surface area contributed by atoms with Crippen LogP contribution in [0.4, 0.5) is 11.4 Å². The highest BCUT2D eigenvalue weighted by atomic mass is 16.2. The van der Waals surface area contributed by atoms with Gasteiger partial charge in [0.1, 0.15) is 5.54 Å². The molecule has 0 spiro atoms. The van der Waals surface area contributed by atoms with Gasteiger partial charge in [0, 0.05) is 6.04 Å². The first-order valence-corrected chi connectivity index (χ1v) is 9.51. The Morgan fingerprint density at radius 2 is 1.81 bits per heavy atom. The molecule has 1 N–H and O–H groups in total. The number of anilines is 2. The van der Waals surface area contributed by atoms with E-state index in [9.17, 15) is 9.59 Å². The lowest BCUT2D eigenvalue weighted by molar-refractivity contribution is -0.127. The first kappa shape index (κ1) is 17.7. The van der Waals surface area contributed by atoms with Gasteiger partial charge in [0.25, 0.3) is 0 Å². The number of para-hydroxylation sites is 2. The minimum Gasteiger partial charge on any atom is -0.322 e. The highest BCUT2D eigenvalue weighted by molar-refractivity contribution is 6.14. The van der Waals surface area contributed by atoms with Crippen molar-refractivity contribution >= 4 is 23.2 Å². The molecule has 2 aromatic carbocycles. The SMILES string of the molecule is CC1(C)C(=O)Nc2ccccc2N1C(=O)CN1CCCC1c1ccccc1. The van der Waals surface area contributed by atoms with Crippen LogP contribution in [0.15, 0.2) is 54.6 Å². The van der Waals surface area contributed by atoms with Gasteiger partial charge in [-0.1, -0.05) is 42.5 Å². The van der Waals surface area contributed by atoms with Gasteiger partial charge in [-0.05, 0) is 50.9 Å². The van der Waals surface area contributed by atoms with Crippen molar-refractivity contribution in [1.82, 2.24) is 4.90 Å². The Balaban J connectivity index is 1.61. The van der Waals surface area contributed by atoms with Crippen LogP contribution in [0.2, 0.25) is 0 Å². The van der Waals surface area contributed by atoms with Crippen LogP contribution in [0.5, 0.6) is 0 Å². The Morgan fingerprint density at radius 1 is 1.11 bits per heavy atom. The van der Waals surface area contributed by atoms with Gasteiger partial charge in [-0.3, -0.25) is 19.4 Å². The molecule has 4 rings (SSSR count). The van der Waals surface area contributed by atoms with Crippen molar-refractivity contribution in [3.8, 4) is 0 Å². The number of fused-ring (bicyclic) bond motifs is 1. The Bertz CT molecular complexity index is 863. The Kier molecular flexibility index (Phi) is 4.48. The number of likely N-dealkylation sites (tertiary alicyclic amines) is 1. The third-order valence-corrected chi connectivity index (χ3v) is 5.64. The van der Waals surface area contributed by atoms with Crippen LogP contribution < -0.4 is 10.2 Å². The van der Waals surface area contributed by atoms with Crippen LogP contribution in [0.1, 0.15) is 38.3 Å². The number of carbonyl (C=O) groups excluding carboxylic acids is 2. The lowest BCUT2D eigenvalue weighted by Crippen LogP contribution is -2.60. The van der Waals surface area contributed by atoms with Gasteiger partial charge >= 0.3 is 0 Å². The van der Waals surface area contributed by atoms with Gasteiger partial charge in [0.15, 0.2) is 0 Å². The normalized spacial score (nSPS) is 21.6. The average Bonchev–Trinajstić information content (AvgIpc) is 3.11. The maximum absolute atomic E-state index is 13.4. The molecule has 2 heterocycles. The summed E-state index contributed by atoms with van der Waals surface area (Å²) in [7, 11) is 0. The van der Waals surface area contributed by atoms with Crippen molar-refractivity contribution in [2.75, 3.05) is 23.3 Å². The molecule has 1 unspecified atom stereocenters. The van der Waals surface area contributed by atoms with E-state index in [-0.39, 0.29) is 17.9 Å². The number of benzene rings is 2. The van der Waals surface area contributed by atoms with E-state index in [1.165, 1.54) is 5.56 Å². The highest BCUT2D eigenvalue weighted by Gasteiger charge is 2.44. The van der Waals surface area contributed by atoms with Crippen LogP contribution in [0.3, 0.4) is 0 Å². The molecule has 0 aromatic heterocycles. The number of amides is 2. The van der Waals surface area contributed by atoms with Crippen molar-refractivity contribution in [3.63, 3.8) is 0 Å². The summed E-state index contributed by atoms with van der Waals surface area (Å²) < 4.78 is 0. The lowest BCUT2D eigenvalue weighted by atomic mass is 9.96. The second kappa shape index (κ2) is 6.82. The lowest BCUT2D eigenvalue weighted by Gasteiger charge is -2.43. The van der Waals surface area contributed by atoms with Crippen molar-refractivity contribution in [3.05, 3.63) is 60.2 Å². The second-order valence-electron chi connectivity index (χ2n) is 7.80. The average molecular weight is 363 g/mol. The smallest absolute Gasteiger partial charge is 0.250 e. The molecule has 0 radical (unpaired) electrons. The zero-order valence-electron chi connectivity index (χ0n) is 15.8. The largest absolute Gasteiger partial charge is 0.322 e.